The molecule has 2 aromatic carbocycles. The van der Waals surface area contributed by atoms with E-state index in [1.54, 1.807) is 4.40 Å². The molecule has 5 heteroatoms. The number of aryl methyl sites for hydroxylation is 1. The first-order valence-electron chi connectivity index (χ1n) is 8.68. The number of anilines is 1. The number of aromatic nitrogens is 2. The Hall–Kier alpha value is -2.92. The van der Waals surface area contributed by atoms with Crippen molar-refractivity contribution < 1.29 is 0 Å². The summed E-state index contributed by atoms with van der Waals surface area (Å²) in [4.78, 5) is 20.8. The topological polar surface area (TPSA) is 37.6 Å². The lowest BCUT2D eigenvalue weighted by Crippen LogP contribution is -2.33. The molecule has 3 heterocycles. The molecule has 0 fully saturated rings. The van der Waals surface area contributed by atoms with Gasteiger partial charge >= 0.3 is 0 Å². The molecule has 0 unspecified atom stereocenters. The van der Waals surface area contributed by atoms with Crippen LogP contribution in [0.3, 0.4) is 0 Å². The minimum absolute atomic E-state index is 0.00682. The highest BCUT2D eigenvalue weighted by Gasteiger charge is 2.20. The first-order valence-corrected chi connectivity index (χ1v) is 9.49. The Morgan fingerprint density at radius 3 is 2.81 bits per heavy atom. The van der Waals surface area contributed by atoms with Crippen molar-refractivity contribution in [2.24, 2.45) is 0 Å². The molecule has 0 saturated carbocycles. The summed E-state index contributed by atoms with van der Waals surface area (Å²) in [5.41, 5.74) is 6.26. The van der Waals surface area contributed by atoms with Gasteiger partial charge in [-0.15, -0.1) is 0 Å². The molecule has 0 saturated heterocycles. The van der Waals surface area contributed by atoms with Crippen LogP contribution in [0.4, 0.5) is 5.69 Å². The quantitative estimate of drug-likeness (QED) is 0.521. The normalized spacial score (nSPS) is 15.8. The summed E-state index contributed by atoms with van der Waals surface area (Å²) < 4.78 is 2.47. The third-order valence-corrected chi connectivity index (χ3v) is 5.90. The average molecular weight is 359 g/mol. The highest BCUT2D eigenvalue weighted by Crippen LogP contribution is 2.31. The number of para-hydroxylation sites is 2. The van der Waals surface area contributed by atoms with Gasteiger partial charge in [0.25, 0.3) is 5.56 Å². The van der Waals surface area contributed by atoms with Gasteiger partial charge < -0.3 is 4.90 Å². The van der Waals surface area contributed by atoms with Crippen LogP contribution in [0.2, 0.25) is 0 Å². The van der Waals surface area contributed by atoms with E-state index >= 15 is 0 Å². The molecule has 1 aliphatic rings. The van der Waals surface area contributed by atoms with E-state index in [1.165, 1.54) is 22.5 Å². The van der Waals surface area contributed by atoms with E-state index in [0.717, 1.165) is 38.5 Å². The summed E-state index contributed by atoms with van der Waals surface area (Å²) in [6.07, 6.45) is 4.16. The van der Waals surface area contributed by atoms with Gasteiger partial charge in [0.05, 0.1) is 16.7 Å². The molecule has 5 rings (SSSR count). The van der Waals surface area contributed by atoms with Crippen molar-refractivity contribution >= 4 is 44.8 Å². The summed E-state index contributed by atoms with van der Waals surface area (Å²) in [5, 5.41) is 0. The van der Waals surface area contributed by atoms with Crippen molar-refractivity contribution in [3.63, 3.8) is 0 Å². The smallest absolute Gasteiger partial charge is 0.277 e. The molecule has 128 valence electrons. The first kappa shape index (κ1) is 15.3. The monoisotopic (exact) mass is 359 g/mol. The van der Waals surface area contributed by atoms with Crippen molar-refractivity contribution in [1.29, 1.82) is 0 Å². The maximum absolute atomic E-state index is 13.2. The van der Waals surface area contributed by atoms with Crippen LogP contribution < -0.4 is 15.0 Å². The molecule has 0 spiro atoms. The van der Waals surface area contributed by atoms with E-state index < -0.39 is 0 Å². The fourth-order valence-corrected chi connectivity index (χ4v) is 4.71. The lowest BCUT2D eigenvalue weighted by atomic mass is 10.0. The third kappa shape index (κ3) is 2.07. The number of hydrogen-bond donors (Lipinski definition) is 0. The Morgan fingerprint density at radius 2 is 1.96 bits per heavy atom. The zero-order chi connectivity index (χ0) is 17.8. The van der Waals surface area contributed by atoms with Crippen molar-refractivity contribution in [2.45, 2.75) is 13.8 Å². The molecule has 0 amide bonds. The number of thiazole rings is 1. The fraction of sp³-hybridized carbons (Fsp3) is 0.143. The van der Waals surface area contributed by atoms with Crippen LogP contribution in [0.5, 0.6) is 0 Å². The summed E-state index contributed by atoms with van der Waals surface area (Å²) in [5.74, 6) is 0. The van der Waals surface area contributed by atoms with Gasteiger partial charge in [0.15, 0.2) is 4.96 Å². The van der Waals surface area contributed by atoms with Gasteiger partial charge in [-0.3, -0.25) is 4.79 Å². The molecule has 0 radical (unpaired) electrons. The molecular formula is C21H17N3OS. The summed E-state index contributed by atoms with van der Waals surface area (Å²) >= 11 is 1.46. The first-order chi connectivity index (χ1) is 12.7. The molecule has 0 bridgehead atoms. The number of nitrogens with zero attached hydrogens (tertiary/aromatic N) is 3. The average Bonchev–Trinajstić information content (AvgIpc) is 3.17. The molecular weight excluding hydrogens is 342 g/mol. The number of imidazole rings is 1. The number of rotatable bonds is 1. The van der Waals surface area contributed by atoms with Crippen LogP contribution in [-0.2, 0) is 0 Å². The van der Waals surface area contributed by atoms with Gasteiger partial charge in [-0.05, 0) is 49.8 Å². The number of likely N-dealkylation sites (N-methyl/N-ethyl adjacent to an activating group) is 1. The number of benzene rings is 2. The molecule has 2 aromatic heterocycles. The summed E-state index contributed by atoms with van der Waals surface area (Å²) in [6, 6.07) is 14.2. The van der Waals surface area contributed by atoms with Gasteiger partial charge in [0, 0.05) is 12.2 Å². The molecule has 1 aliphatic heterocycles. The van der Waals surface area contributed by atoms with E-state index in [4.69, 9.17) is 0 Å². The van der Waals surface area contributed by atoms with E-state index in [9.17, 15) is 4.79 Å². The fourth-order valence-electron chi connectivity index (χ4n) is 3.65. The van der Waals surface area contributed by atoms with E-state index in [1.807, 2.05) is 24.3 Å². The van der Waals surface area contributed by atoms with Gasteiger partial charge in [-0.25, -0.2) is 9.38 Å². The maximum atomic E-state index is 13.2. The minimum atomic E-state index is 0.00682. The number of fused-ring (bicyclic) bond motifs is 4. The second-order valence-electron chi connectivity index (χ2n) is 6.48. The third-order valence-electron chi connectivity index (χ3n) is 4.85. The standard InChI is InChI=1S/C21H17N3OS/c1-3-23-16-10-8-13(2)12-14(16)9-11-18(23)19-20(25)24-17-7-5-4-6-15(17)22-21(24)26-19/h4-12H,3H2,1-2H3/b19-18-. The second kappa shape index (κ2) is 5.54. The van der Waals surface area contributed by atoms with Gasteiger partial charge in [-0.2, -0.15) is 0 Å². The molecule has 0 N–H and O–H groups in total. The maximum Gasteiger partial charge on any atom is 0.277 e. The van der Waals surface area contributed by atoms with Crippen LogP contribution in [0.15, 0.2) is 53.3 Å². The van der Waals surface area contributed by atoms with Gasteiger partial charge in [0.2, 0.25) is 0 Å². The molecule has 4 aromatic rings. The largest absolute Gasteiger partial charge is 0.340 e. The Labute approximate surface area is 154 Å². The molecule has 4 nitrogen and oxygen atoms in total. The lowest BCUT2D eigenvalue weighted by Gasteiger charge is -2.29. The van der Waals surface area contributed by atoms with E-state index in [2.05, 4.69) is 54.1 Å². The summed E-state index contributed by atoms with van der Waals surface area (Å²) in [6.45, 7) is 5.01. The van der Waals surface area contributed by atoms with Crippen molar-refractivity contribution in [2.75, 3.05) is 11.4 Å². The van der Waals surface area contributed by atoms with Gasteiger partial charge in [0.1, 0.15) is 4.53 Å². The van der Waals surface area contributed by atoms with Crippen molar-refractivity contribution in [3.8, 4) is 0 Å². The molecule has 26 heavy (non-hydrogen) atoms. The Bertz CT molecular complexity index is 1310. The SMILES string of the molecule is CCN1/C(=c2\sc3nc4ccccc4n3c2=O)C=Cc2cc(C)ccc21. The zero-order valence-corrected chi connectivity index (χ0v) is 15.4. The van der Waals surface area contributed by atoms with Crippen LogP contribution in [0.25, 0.3) is 27.8 Å². The zero-order valence-electron chi connectivity index (χ0n) is 14.6. The Morgan fingerprint density at radius 1 is 1.12 bits per heavy atom. The minimum Gasteiger partial charge on any atom is -0.340 e. The highest BCUT2D eigenvalue weighted by molar-refractivity contribution is 7.15. The van der Waals surface area contributed by atoms with Crippen LogP contribution in [0.1, 0.15) is 18.1 Å². The van der Waals surface area contributed by atoms with Crippen molar-refractivity contribution in [1.82, 2.24) is 9.38 Å². The Balaban J connectivity index is 1.83. The van der Waals surface area contributed by atoms with Crippen LogP contribution in [-0.4, -0.2) is 15.9 Å². The molecule has 0 aliphatic carbocycles. The predicted molar refractivity (Wildman–Crippen MR) is 109 cm³/mol. The summed E-state index contributed by atoms with van der Waals surface area (Å²) in [7, 11) is 0. The number of hydrogen-bond acceptors (Lipinski definition) is 4. The highest BCUT2D eigenvalue weighted by atomic mass is 32.1. The van der Waals surface area contributed by atoms with E-state index in [0.29, 0.717) is 0 Å². The van der Waals surface area contributed by atoms with Crippen LogP contribution >= 0.6 is 11.3 Å². The second-order valence-corrected chi connectivity index (χ2v) is 7.46. The predicted octanol–water partition coefficient (Wildman–Crippen LogP) is 3.60. The van der Waals surface area contributed by atoms with Crippen molar-refractivity contribution in [3.05, 3.63) is 74.6 Å². The van der Waals surface area contributed by atoms with E-state index in [-0.39, 0.29) is 5.56 Å². The Kier molecular flexibility index (Phi) is 3.27. The molecule has 0 atom stereocenters. The van der Waals surface area contributed by atoms with Crippen LogP contribution in [0, 0.1) is 6.92 Å². The lowest BCUT2D eigenvalue weighted by molar-refractivity contribution is 1.02. The van der Waals surface area contributed by atoms with Gasteiger partial charge in [-0.1, -0.05) is 41.2 Å².